The second-order valence-corrected chi connectivity index (χ2v) is 13.6. The van der Waals surface area contributed by atoms with E-state index in [-0.39, 0.29) is 46.8 Å². The van der Waals surface area contributed by atoms with E-state index >= 15 is 0 Å². The highest BCUT2D eigenvalue weighted by Gasteiger charge is 2.60. The minimum absolute atomic E-state index is 0.120. The molecule has 2 heterocycles. The molecule has 5 unspecified atom stereocenters. The second-order valence-electron chi connectivity index (χ2n) is 12.4. The van der Waals surface area contributed by atoms with E-state index in [1.807, 2.05) is 13.8 Å². The Balaban J connectivity index is 1.21. The zero-order chi connectivity index (χ0) is 33.3. The second kappa shape index (κ2) is 11.7. The Hall–Kier alpha value is -4.34. The Morgan fingerprint density at radius 3 is 2.36 bits per heavy atom. The summed E-state index contributed by atoms with van der Waals surface area (Å²) in [6, 6.07) is 16.9. The fourth-order valence-electron chi connectivity index (χ4n) is 7.35. The van der Waals surface area contributed by atoms with E-state index in [1.165, 1.54) is 24.5 Å². The molecule has 1 aromatic heterocycles. The van der Waals surface area contributed by atoms with E-state index in [4.69, 9.17) is 26.1 Å². The molecule has 2 amide bonds. The lowest BCUT2D eigenvalue weighted by molar-refractivity contribution is -0.123. The van der Waals surface area contributed by atoms with Crippen LogP contribution in [0.15, 0.2) is 76.8 Å². The van der Waals surface area contributed by atoms with Crippen LogP contribution >= 0.6 is 27.5 Å². The first kappa shape index (κ1) is 31.3. The number of halogens is 2. The summed E-state index contributed by atoms with van der Waals surface area (Å²) in [6.07, 6.45) is 1.96. The number of hydrogen-bond acceptors (Lipinski definition) is 7. The van der Waals surface area contributed by atoms with Crippen LogP contribution in [0.2, 0.25) is 5.02 Å². The topological polar surface area (TPSA) is 103 Å². The summed E-state index contributed by atoms with van der Waals surface area (Å²) in [7, 11) is 1.54. The van der Waals surface area contributed by atoms with Crippen LogP contribution < -0.4 is 9.64 Å². The van der Waals surface area contributed by atoms with Crippen LogP contribution in [-0.4, -0.2) is 41.8 Å². The highest BCUT2D eigenvalue weighted by Crippen LogP contribution is 2.56. The van der Waals surface area contributed by atoms with Gasteiger partial charge in [0.05, 0.1) is 46.4 Å². The number of methoxy groups -OCH3 is 1. The Kier molecular flexibility index (Phi) is 7.80. The Morgan fingerprint density at radius 1 is 1.00 bits per heavy atom. The van der Waals surface area contributed by atoms with Gasteiger partial charge in [-0.1, -0.05) is 35.4 Å². The van der Waals surface area contributed by atoms with Crippen LogP contribution in [0.4, 0.5) is 5.69 Å². The van der Waals surface area contributed by atoms with Gasteiger partial charge in [-0.15, -0.1) is 0 Å². The first-order valence-electron chi connectivity index (χ1n) is 15.3. The minimum atomic E-state index is -1.07. The van der Waals surface area contributed by atoms with Crippen LogP contribution in [0.5, 0.6) is 5.75 Å². The number of allylic oxidation sites excluding steroid dienone is 2. The normalized spacial score (nSPS) is 22.0. The van der Waals surface area contributed by atoms with Crippen molar-refractivity contribution in [3.05, 3.63) is 98.5 Å². The van der Waals surface area contributed by atoms with E-state index < -0.39 is 12.1 Å². The predicted molar refractivity (Wildman–Crippen MR) is 182 cm³/mol. The first-order valence-corrected chi connectivity index (χ1v) is 16.5. The summed E-state index contributed by atoms with van der Waals surface area (Å²) in [6.45, 7) is 5.39. The number of ether oxygens (including phenoxy) is 2. The summed E-state index contributed by atoms with van der Waals surface area (Å²) in [5.74, 6) is -1.07. The SMILES string of the molecule is COc1ccc(C(=O)C(C)OC(=O)c2cc(-c3ccc(N4C(=O)C5C6C=C(C)C(C6)C5C4=O)cc3)nc3c(C)c(Cl)c(Br)cc23)cc1. The molecule has 2 fully saturated rings. The average Bonchev–Trinajstić information content (AvgIpc) is 3.72. The number of hydrogen-bond donors (Lipinski definition) is 0. The summed E-state index contributed by atoms with van der Waals surface area (Å²) >= 11 is 10.0. The number of pyridine rings is 1. The molecule has 0 radical (unpaired) electrons. The van der Waals surface area contributed by atoms with Crippen molar-refractivity contribution in [3.63, 3.8) is 0 Å². The summed E-state index contributed by atoms with van der Waals surface area (Å²) in [4.78, 5) is 59.9. The Labute approximate surface area is 284 Å². The maximum atomic E-state index is 13.7. The molecule has 0 N–H and O–H groups in total. The fourth-order valence-corrected chi connectivity index (χ4v) is 8.02. The van der Waals surface area contributed by atoms with Gasteiger partial charge in [-0.05, 0) is 109 Å². The van der Waals surface area contributed by atoms with E-state index in [1.54, 1.807) is 60.7 Å². The van der Waals surface area contributed by atoms with Crippen molar-refractivity contribution in [2.75, 3.05) is 12.0 Å². The number of rotatable bonds is 7. The van der Waals surface area contributed by atoms with Gasteiger partial charge in [0, 0.05) is 21.0 Å². The molecular formula is C37H30BrClN2O6. The van der Waals surface area contributed by atoms with Gasteiger partial charge >= 0.3 is 5.97 Å². The van der Waals surface area contributed by atoms with Gasteiger partial charge in [0.2, 0.25) is 17.6 Å². The number of aromatic nitrogens is 1. The van der Waals surface area contributed by atoms with Crippen molar-refractivity contribution < 1.29 is 28.7 Å². The highest BCUT2D eigenvalue weighted by molar-refractivity contribution is 9.10. The largest absolute Gasteiger partial charge is 0.497 e. The third kappa shape index (κ3) is 5.07. The number of imide groups is 1. The van der Waals surface area contributed by atoms with Gasteiger partial charge in [-0.2, -0.15) is 0 Å². The van der Waals surface area contributed by atoms with Crippen LogP contribution in [-0.2, 0) is 14.3 Å². The van der Waals surface area contributed by atoms with Crippen molar-refractivity contribution in [2.45, 2.75) is 33.3 Å². The van der Waals surface area contributed by atoms with Gasteiger partial charge in [-0.25, -0.2) is 9.78 Å². The van der Waals surface area contributed by atoms with E-state index in [9.17, 15) is 19.2 Å². The number of aryl methyl sites for hydroxylation is 1. The summed E-state index contributed by atoms with van der Waals surface area (Å²) in [5, 5.41) is 0.960. The lowest BCUT2D eigenvalue weighted by Gasteiger charge is -2.19. The van der Waals surface area contributed by atoms with Crippen molar-refractivity contribution in [3.8, 4) is 17.0 Å². The molecule has 1 saturated carbocycles. The Bertz CT molecular complexity index is 2040. The number of benzene rings is 3. The molecular weight excluding hydrogens is 684 g/mol. The maximum absolute atomic E-state index is 13.7. The number of carbonyl (C=O) groups excluding carboxylic acids is 4. The number of carbonyl (C=O) groups is 4. The molecule has 4 aromatic rings. The molecule has 2 aliphatic carbocycles. The summed E-state index contributed by atoms with van der Waals surface area (Å²) in [5.41, 5.74) is 4.57. The van der Waals surface area contributed by atoms with Crippen LogP contribution in [0.3, 0.4) is 0 Å². The molecule has 10 heteroatoms. The molecule has 7 rings (SSSR count). The first-order chi connectivity index (χ1) is 22.5. The highest BCUT2D eigenvalue weighted by atomic mass is 79.9. The zero-order valence-electron chi connectivity index (χ0n) is 26.0. The molecule has 1 saturated heterocycles. The average molecular weight is 714 g/mol. The molecule has 0 spiro atoms. The van der Waals surface area contributed by atoms with E-state index in [2.05, 4.69) is 22.0 Å². The van der Waals surface area contributed by atoms with Crippen molar-refractivity contribution >= 4 is 67.7 Å². The lowest BCUT2D eigenvalue weighted by atomic mass is 9.82. The van der Waals surface area contributed by atoms with Gasteiger partial charge in [-0.3, -0.25) is 19.3 Å². The standard InChI is InChI=1S/C37H30BrClN2O6/c1-17-13-22-14-25(17)31-30(22)35(43)41(36(31)44)23-9-5-20(6-10-23)29-16-27(26-15-28(38)32(39)18(2)33(26)40-29)37(45)47-19(3)34(42)21-7-11-24(46-4)12-8-21/h5-13,15-16,19,22,25,30-31H,14H2,1-4H3. The van der Waals surface area contributed by atoms with Crippen molar-refractivity contribution in [1.82, 2.24) is 4.98 Å². The quantitative estimate of drug-likeness (QED) is 0.0835. The summed E-state index contributed by atoms with van der Waals surface area (Å²) < 4.78 is 11.5. The van der Waals surface area contributed by atoms with Gasteiger partial charge in [0.15, 0.2) is 6.10 Å². The maximum Gasteiger partial charge on any atom is 0.339 e. The van der Waals surface area contributed by atoms with E-state index in [0.29, 0.717) is 54.2 Å². The minimum Gasteiger partial charge on any atom is -0.497 e. The van der Waals surface area contributed by atoms with Crippen molar-refractivity contribution in [2.24, 2.45) is 23.7 Å². The molecule has 238 valence electrons. The molecule has 3 aliphatic rings. The monoisotopic (exact) mass is 712 g/mol. The van der Waals surface area contributed by atoms with E-state index in [0.717, 1.165) is 6.42 Å². The molecule has 5 atom stereocenters. The number of amides is 2. The number of esters is 1. The molecule has 8 nitrogen and oxygen atoms in total. The number of ketones is 1. The Morgan fingerprint density at radius 2 is 1.68 bits per heavy atom. The smallest absolute Gasteiger partial charge is 0.339 e. The molecule has 47 heavy (non-hydrogen) atoms. The van der Waals surface area contributed by atoms with Crippen LogP contribution in [0, 0.1) is 30.6 Å². The van der Waals surface area contributed by atoms with Gasteiger partial charge < -0.3 is 9.47 Å². The predicted octanol–water partition coefficient (Wildman–Crippen LogP) is 7.76. The van der Waals surface area contributed by atoms with Crippen LogP contribution in [0.1, 0.15) is 46.5 Å². The molecule has 1 aliphatic heterocycles. The van der Waals surface area contributed by atoms with Crippen LogP contribution in [0.25, 0.3) is 22.2 Å². The van der Waals surface area contributed by atoms with Crippen molar-refractivity contribution in [1.29, 1.82) is 0 Å². The number of fused-ring (bicyclic) bond motifs is 6. The number of anilines is 1. The third-order valence-electron chi connectivity index (χ3n) is 9.77. The zero-order valence-corrected chi connectivity index (χ0v) is 28.4. The number of Topliss-reactive ketones (excluding diaryl/α,β-unsaturated/α-hetero) is 1. The van der Waals surface area contributed by atoms with Gasteiger partial charge in [0.25, 0.3) is 0 Å². The van der Waals surface area contributed by atoms with Gasteiger partial charge in [0.1, 0.15) is 5.75 Å². The fraction of sp³-hybridized carbons (Fsp3) is 0.270. The molecule has 2 bridgehead atoms. The number of nitrogens with zero attached hydrogens (tertiary/aromatic N) is 2. The third-order valence-corrected chi connectivity index (χ3v) is 11.1. The lowest BCUT2D eigenvalue weighted by Crippen LogP contribution is -2.32. The molecule has 3 aromatic carbocycles.